The minimum atomic E-state index is -0.460. The molecule has 0 aliphatic heterocycles. The molecule has 2 N–H and O–H groups in total. The second kappa shape index (κ2) is 5.49. The molecule has 0 spiro atoms. The fourth-order valence-electron chi connectivity index (χ4n) is 2.02. The lowest BCUT2D eigenvalue weighted by Gasteiger charge is -2.17. The Balaban J connectivity index is 2.46. The van der Waals surface area contributed by atoms with Crippen LogP contribution in [-0.4, -0.2) is 0 Å². The molecule has 1 unspecified atom stereocenters. The van der Waals surface area contributed by atoms with E-state index in [9.17, 15) is 4.39 Å². The van der Waals surface area contributed by atoms with Crippen molar-refractivity contribution in [2.75, 3.05) is 0 Å². The summed E-state index contributed by atoms with van der Waals surface area (Å²) in [6, 6.07) is 8.04. The average Bonchev–Trinajstić information content (AvgIpc) is 2.36. The molecule has 0 fully saturated rings. The van der Waals surface area contributed by atoms with Crippen molar-refractivity contribution < 1.29 is 4.39 Å². The SMILES string of the molecule is Cc1cc(C(N)c2ccc(Cl)c(F)c2)c(C)cc1Cl. The first-order valence-corrected chi connectivity index (χ1v) is 6.63. The number of nitrogens with two attached hydrogens (primary N) is 1. The predicted octanol–water partition coefficient (Wildman–Crippen LogP) is 4.80. The molecule has 2 aromatic carbocycles. The van der Waals surface area contributed by atoms with Gasteiger partial charge in [-0.3, -0.25) is 0 Å². The van der Waals surface area contributed by atoms with Gasteiger partial charge in [0, 0.05) is 5.02 Å². The highest BCUT2D eigenvalue weighted by molar-refractivity contribution is 6.31. The van der Waals surface area contributed by atoms with E-state index in [2.05, 4.69) is 0 Å². The second-order valence-corrected chi connectivity index (χ2v) is 5.42. The minimum Gasteiger partial charge on any atom is -0.320 e. The molecule has 2 rings (SSSR count). The fraction of sp³-hybridized carbons (Fsp3) is 0.200. The van der Waals surface area contributed by atoms with Crippen LogP contribution in [0.3, 0.4) is 0 Å². The van der Waals surface area contributed by atoms with Crippen LogP contribution < -0.4 is 5.73 Å². The number of rotatable bonds is 2. The molecule has 100 valence electrons. The van der Waals surface area contributed by atoms with Gasteiger partial charge in [0.25, 0.3) is 0 Å². The molecule has 2 aromatic rings. The Kier molecular flexibility index (Phi) is 4.14. The predicted molar refractivity (Wildman–Crippen MR) is 78.4 cm³/mol. The standard InChI is InChI=1S/C15H14Cl2FN/c1-8-6-13(17)9(2)5-11(8)15(19)10-3-4-12(16)14(18)7-10/h3-7,15H,19H2,1-2H3. The van der Waals surface area contributed by atoms with Gasteiger partial charge in [-0.25, -0.2) is 4.39 Å². The molecule has 0 amide bonds. The summed E-state index contributed by atoms with van der Waals surface area (Å²) in [5.41, 5.74) is 9.76. The summed E-state index contributed by atoms with van der Waals surface area (Å²) >= 11 is 11.7. The van der Waals surface area contributed by atoms with Gasteiger partial charge in [-0.2, -0.15) is 0 Å². The van der Waals surface area contributed by atoms with E-state index >= 15 is 0 Å². The van der Waals surface area contributed by atoms with Crippen LogP contribution in [0.1, 0.15) is 28.3 Å². The van der Waals surface area contributed by atoms with Crippen molar-refractivity contribution in [2.45, 2.75) is 19.9 Å². The van der Waals surface area contributed by atoms with Crippen molar-refractivity contribution >= 4 is 23.2 Å². The Hall–Kier alpha value is -1.09. The van der Waals surface area contributed by atoms with E-state index in [0.29, 0.717) is 10.6 Å². The molecular weight excluding hydrogens is 284 g/mol. The van der Waals surface area contributed by atoms with Crippen LogP contribution in [-0.2, 0) is 0 Å². The molecule has 0 aliphatic carbocycles. The lowest BCUT2D eigenvalue weighted by atomic mass is 9.94. The zero-order chi connectivity index (χ0) is 14.2. The number of aryl methyl sites for hydroxylation is 2. The average molecular weight is 298 g/mol. The Morgan fingerprint density at radius 1 is 1.00 bits per heavy atom. The lowest BCUT2D eigenvalue weighted by Crippen LogP contribution is -2.14. The Morgan fingerprint density at radius 3 is 2.32 bits per heavy atom. The summed E-state index contributed by atoms with van der Waals surface area (Å²) < 4.78 is 13.5. The highest BCUT2D eigenvalue weighted by Gasteiger charge is 2.14. The summed E-state index contributed by atoms with van der Waals surface area (Å²) in [6.07, 6.45) is 0. The normalized spacial score (nSPS) is 12.5. The Labute approximate surface area is 122 Å². The van der Waals surface area contributed by atoms with Gasteiger partial charge in [-0.05, 0) is 54.3 Å². The largest absolute Gasteiger partial charge is 0.320 e. The summed E-state index contributed by atoms with van der Waals surface area (Å²) in [6.45, 7) is 3.85. The molecule has 0 bridgehead atoms. The van der Waals surface area contributed by atoms with Crippen molar-refractivity contribution in [1.29, 1.82) is 0 Å². The highest BCUT2D eigenvalue weighted by atomic mass is 35.5. The van der Waals surface area contributed by atoms with Gasteiger partial charge in [0.15, 0.2) is 0 Å². The van der Waals surface area contributed by atoms with E-state index < -0.39 is 11.9 Å². The summed E-state index contributed by atoms with van der Waals surface area (Å²) in [5.74, 6) is -0.460. The molecule has 0 saturated heterocycles. The monoisotopic (exact) mass is 297 g/mol. The molecule has 1 nitrogen and oxygen atoms in total. The maximum Gasteiger partial charge on any atom is 0.142 e. The van der Waals surface area contributed by atoms with Gasteiger partial charge < -0.3 is 5.73 Å². The third-order valence-electron chi connectivity index (χ3n) is 3.19. The van der Waals surface area contributed by atoms with Crippen molar-refractivity contribution in [3.05, 3.63) is 68.4 Å². The van der Waals surface area contributed by atoms with Gasteiger partial charge in [-0.1, -0.05) is 35.3 Å². The quantitative estimate of drug-likeness (QED) is 0.847. The van der Waals surface area contributed by atoms with Gasteiger partial charge in [0.2, 0.25) is 0 Å². The van der Waals surface area contributed by atoms with Crippen molar-refractivity contribution in [2.24, 2.45) is 5.73 Å². The summed E-state index contributed by atoms with van der Waals surface area (Å²) in [5, 5.41) is 0.802. The molecule has 0 aromatic heterocycles. The first-order valence-electron chi connectivity index (χ1n) is 5.87. The first-order chi connectivity index (χ1) is 8.90. The number of halogens is 3. The van der Waals surface area contributed by atoms with Gasteiger partial charge in [-0.15, -0.1) is 0 Å². The van der Waals surface area contributed by atoms with Crippen LogP contribution in [0.5, 0.6) is 0 Å². The molecule has 1 atom stereocenters. The van der Waals surface area contributed by atoms with E-state index in [0.717, 1.165) is 16.7 Å². The van der Waals surface area contributed by atoms with Crippen molar-refractivity contribution in [1.82, 2.24) is 0 Å². The fourth-order valence-corrected chi connectivity index (χ4v) is 2.36. The van der Waals surface area contributed by atoms with Crippen LogP contribution >= 0.6 is 23.2 Å². The number of hydrogen-bond acceptors (Lipinski definition) is 1. The van der Waals surface area contributed by atoms with Crippen LogP contribution in [0.2, 0.25) is 10.0 Å². The second-order valence-electron chi connectivity index (χ2n) is 4.61. The van der Waals surface area contributed by atoms with E-state index in [1.165, 1.54) is 12.1 Å². The zero-order valence-electron chi connectivity index (χ0n) is 10.7. The molecular formula is C15H14Cl2FN. The van der Waals surface area contributed by atoms with Crippen LogP contribution in [0.15, 0.2) is 30.3 Å². The zero-order valence-corrected chi connectivity index (χ0v) is 12.2. The molecule has 0 radical (unpaired) electrons. The summed E-state index contributed by atoms with van der Waals surface area (Å²) in [7, 11) is 0. The first kappa shape index (κ1) is 14.3. The molecule has 19 heavy (non-hydrogen) atoms. The number of hydrogen-bond donors (Lipinski definition) is 1. The summed E-state index contributed by atoms with van der Waals surface area (Å²) in [4.78, 5) is 0. The van der Waals surface area contributed by atoms with Crippen molar-refractivity contribution in [3.63, 3.8) is 0 Å². The molecule has 0 saturated carbocycles. The van der Waals surface area contributed by atoms with E-state index in [1.807, 2.05) is 26.0 Å². The van der Waals surface area contributed by atoms with Crippen LogP contribution in [0, 0.1) is 19.7 Å². The van der Waals surface area contributed by atoms with Crippen molar-refractivity contribution in [3.8, 4) is 0 Å². The van der Waals surface area contributed by atoms with E-state index in [4.69, 9.17) is 28.9 Å². The Bertz CT molecular complexity index is 626. The minimum absolute atomic E-state index is 0.0972. The molecule has 4 heteroatoms. The highest BCUT2D eigenvalue weighted by Crippen LogP contribution is 2.29. The maximum atomic E-state index is 13.5. The topological polar surface area (TPSA) is 26.0 Å². The van der Waals surface area contributed by atoms with Crippen LogP contribution in [0.25, 0.3) is 0 Å². The van der Waals surface area contributed by atoms with Crippen LogP contribution in [0.4, 0.5) is 4.39 Å². The smallest absolute Gasteiger partial charge is 0.142 e. The Morgan fingerprint density at radius 2 is 1.68 bits per heavy atom. The lowest BCUT2D eigenvalue weighted by molar-refractivity contribution is 0.624. The number of benzene rings is 2. The van der Waals surface area contributed by atoms with Gasteiger partial charge in [0.05, 0.1) is 11.1 Å². The third kappa shape index (κ3) is 2.92. The molecule has 0 aliphatic rings. The third-order valence-corrected chi connectivity index (χ3v) is 3.90. The van der Waals surface area contributed by atoms with E-state index in [-0.39, 0.29) is 5.02 Å². The van der Waals surface area contributed by atoms with Gasteiger partial charge in [0.1, 0.15) is 5.82 Å². The van der Waals surface area contributed by atoms with Gasteiger partial charge >= 0.3 is 0 Å². The molecule has 0 heterocycles. The maximum absolute atomic E-state index is 13.5. The van der Waals surface area contributed by atoms with E-state index in [1.54, 1.807) is 6.07 Å².